The van der Waals surface area contributed by atoms with Crippen LogP contribution in [0.1, 0.15) is 32.0 Å². The lowest BCUT2D eigenvalue weighted by Gasteiger charge is -2.34. The van der Waals surface area contributed by atoms with Crippen LogP contribution in [0, 0.1) is 0 Å². The topological polar surface area (TPSA) is 88.9 Å². The minimum absolute atomic E-state index is 0.0669. The minimum atomic E-state index is -4.49. The zero-order valence-corrected chi connectivity index (χ0v) is 27.5. The summed E-state index contributed by atoms with van der Waals surface area (Å²) in [5.41, 5.74) is 1.97. The second-order valence-corrected chi connectivity index (χ2v) is 12.1. The van der Waals surface area contributed by atoms with Crippen molar-refractivity contribution >= 4 is 28.4 Å². The summed E-state index contributed by atoms with van der Waals surface area (Å²) in [6.07, 6.45) is -4.21. The molecule has 51 heavy (non-hydrogen) atoms. The first-order valence-electron chi connectivity index (χ1n) is 16.1. The minimum Gasteiger partial charge on any atom is -0.485 e. The van der Waals surface area contributed by atoms with Gasteiger partial charge in [-0.3, -0.25) is 14.5 Å². The van der Waals surface area contributed by atoms with Crippen LogP contribution in [0.25, 0.3) is 10.9 Å². The molecular weight excluding hydrogens is 673 g/mol. The Morgan fingerprint density at radius 2 is 1.55 bits per heavy atom. The summed E-state index contributed by atoms with van der Waals surface area (Å²) in [6, 6.07) is 21.4. The number of aromatic nitrogens is 2. The van der Waals surface area contributed by atoms with E-state index in [9.17, 15) is 31.5 Å². The van der Waals surface area contributed by atoms with E-state index in [1.54, 1.807) is 36.4 Å². The average molecular weight is 708 g/mol. The number of benzene rings is 3. The molecule has 9 nitrogen and oxygen atoms in total. The average Bonchev–Trinajstić information content (AvgIpc) is 3.46. The summed E-state index contributed by atoms with van der Waals surface area (Å²) in [4.78, 5) is 34.3. The van der Waals surface area contributed by atoms with E-state index in [1.807, 2.05) is 40.8 Å². The van der Waals surface area contributed by atoms with Crippen molar-refractivity contribution in [3.63, 3.8) is 0 Å². The molecule has 6 rings (SSSR count). The van der Waals surface area contributed by atoms with E-state index in [-0.39, 0.29) is 17.4 Å². The molecule has 5 aromatic rings. The van der Waals surface area contributed by atoms with E-state index in [2.05, 4.69) is 15.2 Å². The number of aryl methyl sites for hydroxylation is 1. The predicted molar refractivity (Wildman–Crippen MR) is 181 cm³/mol. The molecular formula is C37H34F5N5O4. The maximum atomic E-state index is 13.6. The standard InChI is InChI=1S/C37H34F5N5O4/c1-45-32-12-11-30(51-34-13-8-28(22-43-34)44-35(48)25-4-6-27(7-5-25)37(40,41)42)18-26(32)19-33(45)36(49)47-16-14-46(15-17-47)23-24-2-9-29(10-3-24)50-31(20-38)21-39/h2-13,18-19,22,31H,14-17,20-21,23H2,1H3,(H,44,48). The van der Waals surface area contributed by atoms with Gasteiger partial charge in [0.1, 0.15) is 30.5 Å². The molecule has 0 spiro atoms. The number of alkyl halides is 5. The Hall–Kier alpha value is -5.50. The molecule has 1 fully saturated rings. The molecule has 3 heterocycles. The van der Waals surface area contributed by atoms with Crippen LogP contribution in [-0.4, -0.2) is 76.8 Å². The largest absolute Gasteiger partial charge is 0.485 e. The lowest BCUT2D eigenvalue weighted by Crippen LogP contribution is -2.48. The summed E-state index contributed by atoms with van der Waals surface area (Å²) in [7, 11) is 1.84. The summed E-state index contributed by atoms with van der Waals surface area (Å²) in [6.45, 7) is 1.36. The first-order chi connectivity index (χ1) is 24.5. The van der Waals surface area contributed by atoms with Gasteiger partial charge in [-0.15, -0.1) is 0 Å². The fourth-order valence-electron chi connectivity index (χ4n) is 5.74. The number of pyridine rings is 1. The number of nitrogens with one attached hydrogen (secondary N) is 1. The summed E-state index contributed by atoms with van der Waals surface area (Å²) in [5, 5.41) is 3.40. The Morgan fingerprint density at radius 3 is 2.18 bits per heavy atom. The summed E-state index contributed by atoms with van der Waals surface area (Å²) < 4.78 is 77.0. The molecule has 0 saturated carbocycles. The third-order valence-corrected chi connectivity index (χ3v) is 8.56. The molecule has 2 amide bonds. The molecule has 1 N–H and O–H groups in total. The quantitative estimate of drug-likeness (QED) is 0.145. The molecule has 2 aromatic heterocycles. The van der Waals surface area contributed by atoms with Crippen LogP contribution in [-0.2, 0) is 19.8 Å². The molecule has 0 bridgehead atoms. The Morgan fingerprint density at radius 1 is 0.863 bits per heavy atom. The van der Waals surface area contributed by atoms with Gasteiger partial charge in [0.2, 0.25) is 5.88 Å². The van der Waals surface area contributed by atoms with Crippen LogP contribution in [0.5, 0.6) is 17.4 Å². The van der Waals surface area contributed by atoms with Gasteiger partial charge in [0, 0.05) is 62.3 Å². The third kappa shape index (κ3) is 8.46. The Labute approximate surface area is 290 Å². The lowest BCUT2D eigenvalue weighted by molar-refractivity contribution is -0.137. The number of carbonyl (C=O) groups is 2. The fraction of sp³-hybridized carbons (Fsp3) is 0.270. The second kappa shape index (κ2) is 15.2. The molecule has 1 saturated heterocycles. The van der Waals surface area contributed by atoms with Crippen molar-refractivity contribution in [2.24, 2.45) is 7.05 Å². The number of nitrogens with zero attached hydrogens (tertiary/aromatic N) is 4. The molecule has 1 aliphatic rings. The number of rotatable bonds is 11. The molecule has 0 aliphatic carbocycles. The van der Waals surface area contributed by atoms with Gasteiger partial charge in [-0.2, -0.15) is 13.2 Å². The lowest BCUT2D eigenvalue weighted by atomic mass is 10.1. The maximum Gasteiger partial charge on any atom is 0.416 e. The van der Waals surface area contributed by atoms with Crippen LogP contribution < -0.4 is 14.8 Å². The van der Waals surface area contributed by atoms with E-state index in [0.29, 0.717) is 55.6 Å². The summed E-state index contributed by atoms with van der Waals surface area (Å²) >= 11 is 0. The van der Waals surface area contributed by atoms with Crippen molar-refractivity contribution in [2.45, 2.75) is 18.8 Å². The van der Waals surface area contributed by atoms with Gasteiger partial charge in [-0.1, -0.05) is 12.1 Å². The monoisotopic (exact) mass is 707 g/mol. The fourth-order valence-corrected chi connectivity index (χ4v) is 5.74. The number of piperazine rings is 1. The second-order valence-electron chi connectivity index (χ2n) is 12.1. The van der Waals surface area contributed by atoms with Crippen LogP contribution in [0.2, 0.25) is 0 Å². The smallest absolute Gasteiger partial charge is 0.416 e. The van der Waals surface area contributed by atoms with Crippen LogP contribution in [0.15, 0.2) is 91.1 Å². The normalized spacial score (nSPS) is 13.8. The Bertz CT molecular complexity index is 1970. The van der Waals surface area contributed by atoms with Gasteiger partial charge in [0.05, 0.1) is 17.4 Å². The molecule has 0 atom stereocenters. The first kappa shape index (κ1) is 35.3. The molecule has 1 aliphatic heterocycles. The number of hydrogen-bond acceptors (Lipinski definition) is 6. The van der Waals surface area contributed by atoms with Crippen LogP contribution in [0.3, 0.4) is 0 Å². The maximum absolute atomic E-state index is 13.6. The highest BCUT2D eigenvalue weighted by Gasteiger charge is 2.30. The molecule has 266 valence electrons. The van der Waals surface area contributed by atoms with E-state index >= 15 is 0 Å². The van der Waals surface area contributed by atoms with E-state index in [4.69, 9.17) is 9.47 Å². The van der Waals surface area contributed by atoms with E-state index in [0.717, 1.165) is 40.7 Å². The highest BCUT2D eigenvalue weighted by Crippen LogP contribution is 2.30. The van der Waals surface area contributed by atoms with E-state index in [1.165, 1.54) is 6.20 Å². The number of anilines is 1. The number of ether oxygens (including phenoxy) is 2. The zero-order chi connectivity index (χ0) is 36.1. The SMILES string of the molecule is Cn1c(C(=O)N2CCN(Cc3ccc(OC(CF)CF)cc3)CC2)cc2cc(Oc3ccc(NC(=O)c4ccc(C(F)(F)F)cc4)cn3)ccc21. The van der Waals surface area contributed by atoms with Gasteiger partial charge in [-0.05, 0) is 72.3 Å². The van der Waals surface area contributed by atoms with Gasteiger partial charge < -0.3 is 24.3 Å². The van der Waals surface area contributed by atoms with Crippen molar-refractivity contribution in [2.75, 3.05) is 44.8 Å². The molecule has 14 heteroatoms. The molecule has 0 radical (unpaired) electrons. The number of halogens is 5. The molecule has 0 unspecified atom stereocenters. The Balaban J connectivity index is 1.02. The summed E-state index contributed by atoms with van der Waals surface area (Å²) in [5.74, 6) is 0.488. The van der Waals surface area contributed by atoms with Crippen LogP contribution in [0.4, 0.5) is 27.6 Å². The number of amides is 2. The van der Waals surface area contributed by atoms with Crippen molar-refractivity contribution in [3.05, 3.63) is 114 Å². The third-order valence-electron chi connectivity index (χ3n) is 8.56. The number of carbonyl (C=O) groups excluding carboxylic acids is 2. The van der Waals surface area contributed by atoms with Crippen molar-refractivity contribution < 1.29 is 41.0 Å². The van der Waals surface area contributed by atoms with Gasteiger partial charge >= 0.3 is 6.18 Å². The Kier molecular flexibility index (Phi) is 10.5. The van der Waals surface area contributed by atoms with E-state index < -0.39 is 37.1 Å². The van der Waals surface area contributed by atoms with Crippen molar-refractivity contribution in [3.8, 4) is 17.4 Å². The van der Waals surface area contributed by atoms with Crippen molar-refractivity contribution in [1.82, 2.24) is 19.4 Å². The number of hydrogen-bond donors (Lipinski definition) is 1. The predicted octanol–water partition coefficient (Wildman–Crippen LogP) is 7.28. The van der Waals surface area contributed by atoms with Gasteiger partial charge in [-0.25, -0.2) is 13.8 Å². The van der Waals surface area contributed by atoms with Gasteiger partial charge in [0.25, 0.3) is 11.8 Å². The zero-order valence-electron chi connectivity index (χ0n) is 27.5. The highest BCUT2D eigenvalue weighted by molar-refractivity contribution is 6.04. The van der Waals surface area contributed by atoms with Crippen molar-refractivity contribution in [1.29, 1.82) is 0 Å². The van der Waals surface area contributed by atoms with Gasteiger partial charge in [0.15, 0.2) is 6.10 Å². The highest BCUT2D eigenvalue weighted by atomic mass is 19.4. The van der Waals surface area contributed by atoms with Crippen LogP contribution >= 0.6 is 0 Å². The number of fused-ring (bicyclic) bond motifs is 1. The molecule has 3 aromatic carbocycles. The first-order valence-corrected chi connectivity index (χ1v) is 16.1.